The summed E-state index contributed by atoms with van der Waals surface area (Å²) in [7, 11) is 0. The lowest BCUT2D eigenvalue weighted by Crippen LogP contribution is -2.27. The van der Waals surface area contributed by atoms with Crippen LogP contribution in [0.5, 0.6) is 0 Å². The van der Waals surface area contributed by atoms with Crippen molar-refractivity contribution in [3.63, 3.8) is 0 Å². The summed E-state index contributed by atoms with van der Waals surface area (Å²) in [5.41, 5.74) is 10.4. The Morgan fingerprint density at radius 2 is 2.24 bits per heavy atom. The minimum Gasteiger partial charge on any atom is -0.455 e. The van der Waals surface area contributed by atoms with Crippen LogP contribution < -0.4 is 16.5 Å². The summed E-state index contributed by atoms with van der Waals surface area (Å²) in [6.07, 6.45) is 5.61. The fourth-order valence-corrected chi connectivity index (χ4v) is 2.88. The molecule has 0 spiro atoms. The molecule has 2 aromatic heterocycles. The lowest BCUT2D eigenvalue weighted by atomic mass is 9.93. The van der Waals surface area contributed by atoms with Crippen LogP contribution in [0.15, 0.2) is 34.0 Å². The molecule has 1 aliphatic carbocycles. The van der Waals surface area contributed by atoms with E-state index in [1.165, 1.54) is 0 Å². The molecule has 0 aliphatic heterocycles. The fourth-order valence-electron chi connectivity index (χ4n) is 2.88. The van der Waals surface area contributed by atoms with E-state index in [0.717, 1.165) is 24.0 Å². The molecule has 3 amide bonds. The molecule has 0 saturated heterocycles. The number of carbonyl (C=O) groups excluding carboxylic acids is 2. The molecule has 2 heterocycles. The summed E-state index contributed by atoms with van der Waals surface area (Å²) in [6.45, 7) is 2.17. The van der Waals surface area contributed by atoms with Crippen molar-refractivity contribution in [1.82, 2.24) is 15.7 Å². The highest BCUT2D eigenvalue weighted by Crippen LogP contribution is 2.29. The molecule has 0 radical (unpaired) electrons. The number of hydrazone groups is 1. The number of urea groups is 1. The van der Waals surface area contributed by atoms with Crippen molar-refractivity contribution in [3.8, 4) is 0 Å². The zero-order valence-electron chi connectivity index (χ0n) is 13.8. The first kappa shape index (κ1) is 16.7. The molecule has 3 rings (SSSR count). The third-order valence-electron chi connectivity index (χ3n) is 4.01. The lowest BCUT2D eigenvalue weighted by molar-refractivity contribution is 0.0920. The SMILES string of the molecule is Cc1c(C(=O)NCc2cccnc2)oc2c1/C(=N/NC(N)=O)CCC2. The van der Waals surface area contributed by atoms with Gasteiger partial charge in [-0.25, -0.2) is 10.2 Å². The van der Waals surface area contributed by atoms with Crippen LogP contribution >= 0.6 is 0 Å². The van der Waals surface area contributed by atoms with Crippen LogP contribution in [-0.2, 0) is 13.0 Å². The number of nitrogens with two attached hydrogens (primary N) is 1. The van der Waals surface area contributed by atoms with Gasteiger partial charge in [-0.15, -0.1) is 0 Å². The Morgan fingerprint density at radius 3 is 2.96 bits per heavy atom. The predicted molar refractivity (Wildman–Crippen MR) is 91.0 cm³/mol. The molecular weight excluding hydrogens is 322 g/mol. The van der Waals surface area contributed by atoms with Gasteiger partial charge in [0.05, 0.1) is 5.71 Å². The number of aromatic nitrogens is 1. The summed E-state index contributed by atoms with van der Waals surface area (Å²) in [5.74, 6) is 0.681. The maximum atomic E-state index is 12.5. The van der Waals surface area contributed by atoms with Gasteiger partial charge in [0.1, 0.15) is 5.76 Å². The van der Waals surface area contributed by atoms with Crippen molar-refractivity contribution in [3.05, 3.63) is 52.7 Å². The third kappa shape index (κ3) is 3.68. The molecule has 25 heavy (non-hydrogen) atoms. The predicted octanol–water partition coefficient (Wildman–Crippen LogP) is 1.62. The van der Waals surface area contributed by atoms with Crippen molar-refractivity contribution < 1.29 is 14.0 Å². The minimum absolute atomic E-state index is 0.266. The van der Waals surface area contributed by atoms with Crippen molar-refractivity contribution in [1.29, 1.82) is 0 Å². The van der Waals surface area contributed by atoms with E-state index in [2.05, 4.69) is 20.8 Å². The number of nitrogens with one attached hydrogen (secondary N) is 2. The van der Waals surface area contributed by atoms with E-state index in [1.807, 2.05) is 19.1 Å². The van der Waals surface area contributed by atoms with Crippen LogP contribution in [0.25, 0.3) is 0 Å². The highest BCUT2D eigenvalue weighted by atomic mass is 16.4. The molecule has 0 bridgehead atoms. The highest BCUT2D eigenvalue weighted by Gasteiger charge is 2.27. The number of primary amides is 1. The molecule has 1 aliphatic rings. The molecular formula is C17H19N5O3. The van der Waals surface area contributed by atoms with E-state index in [4.69, 9.17) is 10.2 Å². The molecule has 0 aromatic carbocycles. The number of furan rings is 1. The van der Waals surface area contributed by atoms with Gasteiger partial charge in [-0.3, -0.25) is 9.78 Å². The highest BCUT2D eigenvalue weighted by molar-refractivity contribution is 6.06. The van der Waals surface area contributed by atoms with Gasteiger partial charge in [0.2, 0.25) is 0 Å². The van der Waals surface area contributed by atoms with Gasteiger partial charge < -0.3 is 15.5 Å². The molecule has 8 nitrogen and oxygen atoms in total. The van der Waals surface area contributed by atoms with Crippen LogP contribution in [-0.4, -0.2) is 22.6 Å². The summed E-state index contributed by atoms with van der Waals surface area (Å²) >= 11 is 0. The van der Waals surface area contributed by atoms with Crippen LogP contribution in [0.3, 0.4) is 0 Å². The van der Waals surface area contributed by atoms with E-state index < -0.39 is 6.03 Å². The second-order valence-corrected chi connectivity index (χ2v) is 5.79. The smallest absolute Gasteiger partial charge is 0.332 e. The summed E-state index contributed by atoms with van der Waals surface area (Å²) in [6, 6.07) is 2.97. The van der Waals surface area contributed by atoms with E-state index in [-0.39, 0.29) is 11.7 Å². The lowest BCUT2D eigenvalue weighted by Gasteiger charge is -2.13. The van der Waals surface area contributed by atoms with Gasteiger partial charge >= 0.3 is 6.03 Å². The Morgan fingerprint density at radius 1 is 1.40 bits per heavy atom. The summed E-state index contributed by atoms with van der Waals surface area (Å²) in [4.78, 5) is 27.4. The van der Waals surface area contributed by atoms with Gasteiger partial charge in [-0.2, -0.15) is 5.10 Å². The molecule has 4 N–H and O–H groups in total. The number of carbonyl (C=O) groups is 2. The quantitative estimate of drug-likeness (QED) is 0.731. The first-order valence-corrected chi connectivity index (χ1v) is 7.98. The second-order valence-electron chi connectivity index (χ2n) is 5.79. The van der Waals surface area contributed by atoms with Crippen LogP contribution in [0.4, 0.5) is 4.79 Å². The fraction of sp³-hybridized carbons (Fsp3) is 0.294. The molecule has 8 heteroatoms. The molecule has 2 aromatic rings. The van der Waals surface area contributed by atoms with E-state index in [1.54, 1.807) is 12.4 Å². The number of nitrogens with zero attached hydrogens (tertiary/aromatic N) is 2. The second kappa shape index (κ2) is 7.16. The number of hydrogen-bond acceptors (Lipinski definition) is 5. The van der Waals surface area contributed by atoms with Gasteiger partial charge in [0.15, 0.2) is 5.76 Å². The van der Waals surface area contributed by atoms with Crippen LogP contribution in [0.1, 0.15) is 45.8 Å². The maximum absolute atomic E-state index is 12.5. The van der Waals surface area contributed by atoms with E-state index in [9.17, 15) is 9.59 Å². The van der Waals surface area contributed by atoms with Crippen molar-refractivity contribution in [2.24, 2.45) is 10.8 Å². The molecule has 130 valence electrons. The Balaban J connectivity index is 1.80. The van der Waals surface area contributed by atoms with Gasteiger partial charge in [0, 0.05) is 36.5 Å². The molecule has 0 atom stereocenters. The van der Waals surface area contributed by atoms with Crippen molar-refractivity contribution in [2.45, 2.75) is 32.7 Å². The summed E-state index contributed by atoms with van der Waals surface area (Å²) in [5, 5.41) is 6.87. The Kier molecular flexibility index (Phi) is 4.78. The normalized spacial score (nSPS) is 14.8. The van der Waals surface area contributed by atoms with Crippen molar-refractivity contribution >= 4 is 17.6 Å². The number of hydrogen-bond donors (Lipinski definition) is 3. The van der Waals surface area contributed by atoms with Gasteiger partial charge in [-0.05, 0) is 31.4 Å². The van der Waals surface area contributed by atoms with E-state index >= 15 is 0 Å². The Bertz CT molecular complexity index is 826. The number of rotatable bonds is 4. The number of aryl methyl sites for hydroxylation is 1. The Labute approximate surface area is 144 Å². The van der Waals surface area contributed by atoms with Crippen LogP contribution in [0, 0.1) is 6.92 Å². The Hall–Kier alpha value is -3.16. The molecule has 0 saturated carbocycles. The van der Waals surface area contributed by atoms with Gasteiger partial charge in [-0.1, -0.05) is 6.07 Å². The standard InChI is InChI=1S/C17H19N5O3/c1-10-14-12(21-22-17(18)24)5-2-6-13(14)25-15(10)16(23)20-9-11-4-3-7-19-8-11/h3-4,7-8H,2,5-6,9H2,1H3,(H,20,23)(H3,18,22,24)/b21-12+. The number of amides is 3. The zero-order valence-corrected chi connectivity index (χ0v) is 13.8. The van der Waals surface area contributed by atoms with Crippen molar-refractivity contribution in [2.75, 3.05) is 0 Å². The molecule has 0 fully saturated rings. The summed E-state index contributed by atoms with van der Waals surface area (Å²) < 4.78 is 5.77. The van der Waals surface area contributed by atoms with Crippen LogP contribution in [0.2, 0.25) is 0 Å². The number of pyridine rings is 1. The first-order valence-electron chi connectivity index (χ1n) is 7.98. The molecule has 0 unspecified atom stereocenters. The average molecular weight is 341 g/mol. The first-order chi connectivity index (χ1) is 12.1. The third-order valence-corrected chi connectivity index (χ3v) is 4.01. The largest absolute Gasteiger partial charge is 0.455 e. The zero-order chi connectivity index (χ0) is 17.8. The average Bonchev–Trinajstić information content (AvgIpc) is 2.96. The topological polar surface area (TPSA) is 123 Å². The minimum atomic E-state index is -0.727. The maximum Gasteiger partial charge on any atom is 0.332 e. The number of fused-ring (bicyclic) bond motifs is 1. The van der Waals surface area contributed by atoms with Gasteiger partial charge in [0.25, 0.3) is 5.91 Å². The monoisotopic (exact) mass is 341 g/mol. The van der Waals surface area contributed by atoms with E-state index in [0.29, 0.717) is 30.0 Å².